The van der Waals surface area contributed by atoms with Crippen molar-refractivity contribution in [2.24, 2.45) is 5.92 Å². The van der Waals surface area contributed by atoms with Gasteiger partial charge in [-0.3, -0.25) is 4.79 Å². The van der Waals surface area contributed by atoms with Crippen LogP contribution in [0.25, 0.3) is 5.57 Å². The number of benzene rings is 1. The molecule has 0 bridgehead atoms. The second kappa shape index (κ2) is 6.48. The van der Waals surface area contributed by atoms with Crippen LogP contribution in [0, 0.1) is 11.7 Å². The van der Waals surface area contributed by atoms with Gasteiger partial charge in [0, 0.05) is 24.6 Å². The maximum Gasteiger partial charge on any atom is 0.244 e. The van der Waals surface area contributed by atoms with Gasteiger partial charge in [-0.2, -0.15) is 0 Å². The molecule has 0 heterocycles. The lowest BCUT2D eigenvalue weighted by molar-refractivity contribution is -0.116. The van der Waals surface area contributed by atoms with Crippen LogP contribution in [0.2, 0.25) is 0 Å². The van der Waals surface area contributed by atoms with Crippen LogP contribution < -0.4 is 5.32 Å². The standard InChI is InChI=1S/C16H18FNO2/c1-11(13-3-2-4-14(17)9-13)7-16(20)18-15-6-5-12(8-15)10-19/h2-7,9,12,15,19H,8,10H2,1H3,(H,18,20)/b11-7-/t12-,15+/m0/s1. The van der Waals surface area contributed by atoms with Crippen LogP contribution in [0.4, 0.5) is 4.39 Å². The average molecular weight is 275 g/mol. The van der Waals surface area contributed by atoms with E-state index in [1.54, 1.807) is 19.1 Å². The molecule has 0 saturated carbocycles. The number of hydrogen-bond donors (Lipinski definition) is 2. The number of aliphatic hydroxyl groups is 1. The van der Waals surface area contributed by atoms with E-state index in [0.717, 1.165) is 6.42 Å². The zero-order valence-corrected chi connectivity index (χ0v) is 11.3. The molecule has 2 atom stereocenters. The lowest BCUT2D eigenvalue weighted by Gasteiger charge is -2.11. The summed E-state index contributed by atoms with van der Waals surface area (Å²) in [6.45, 7) is 1.87. The first-order valence-electron chi connectivity index (χ1n) is 6.62. The molecule has 0 radical (unpaired) electrons. The molecule has 2 rings (SSSR count). The Bertz CT molecular complexity index is 551. The molecule has 1 amide bonds. The quantitative estimate of drug-likeness (QED) is 0.654. The fourth-order valence-corrected chi connectivity index (χ4v) is 2.26. The summed E-state index contributed by atoms with van der Waals surface area (Å²) < 4.78 is 13.1. The number of rotatable bonds is 4. The molecule has 106 valence electrons. The Morgan fingerprint density at radius 3 is 2.95 bits per heavy atom. The largest absolute Gasteiger partial charge is 0.396 e. The van der Waals surface area contributed by atoms with E-state index < -0.39 is 0 Å². The highest BCUT2D eigenvalue weighted by Crippen LogP contribution is 2.18. The molecular weight excluding hydrogens is 257 g/mol. The second-order valence-corrected chi connectivity index (χ2v) is 5.02. The first kappa shape index (κ1) is 14.5. The van der Waals surface area contributed by atoms with Crippen molar-refractivity contribution in [1.29, 1.82) is 0 Å². The van der Waals surface area contributed by atoms with Crippen molar-refractivity contribution >= 4 is 11.5 Å². The van der Waals surface area contributed by atoms with E-state index in [0.29, 0.717) is 11.1 Å². The van der Waals surface area contributed by atoms with Crippen molar-refractivity contribution in [2.75, 3.05) is 6.61 Å². The molecule has 1 aromatic rings. The third kappa shape index (κ3) is 3.78. The number of allylic oxidation sites excluding steroid dienone is 1. The first-order valence-corrected chi connectivity index (χ1v) is 6.62. The Morgan fingerprint density at radius 2 is 2.30 bits per heavy atom. The summed E-state index contributed by atoms with van der Waals surface area (Å²) in [7, 11) is 0. The van der Waals surface area contributed by atoms with Crippen LogP contribution >= 0.6 is 0 Å². The Hall–Kier alpha value is -1.94. The van der Waals surface area contributed by atoms with Crippen LogP contribution in [0.15, 0.2) is 42.5 Å². The van der Waals surface area contributed by atoms with Crippen molar-refractivity contribution in [1.82, 2.24) is 5.32 Å². The van der Waals surface area contributed by atoms with E-state index in [2.05, 4.69) is 5.32 Å². The van der Waals surface area contributed by atoms with E-state index in [1.165, 1.54) is 18.2 Å². The molecule has 4 heteroatoms. The molecule has 1 aromatic carbocycles. The third-order valence-electron chi connectivity index (χ3n) is 3.36. The Labute approximate surface area is 117 Å². The maximum absolute atomic E-state index is 13.1. The zero-order chi connectivity index (χ0) is 14.5. The van der Waals surface area contributed by atoms with Gasteiger partial charge in [-0.15, -0.1) is 0 Å². The summed E-state index contributed by atoms with van der Waals surface area (Å²) in [4.78, 5) is 11.9. The molecule has 0 fully saturated rings. The van der Waals surface area contributed by atoms with Crippen LogP contribution in [-0.2, 0) is 4.79 Å². The molecule has 0 unspecified atom stereocenters. The van der Waals surface area contributed by atoms with Gasteiger partial charge >= 0.3 is 0 Å². The van der Waals surface area contributed by atoms with Gasteiger partial charge in [0.05, 0.1) is 0 Å². The van der Waals surface area contributed by atoms with Crippen molar-refractivity contribution in [2.45, 2.75) is 19.4 Å². The van der Waals surface area contributed by atoms with Crippen molar-refractivity contribution in [3.05, 3.63) is 53.9 Å². The first-order chi connectivity index (χ1) is 9.58. The van der Waals surface area contributed by atoms with Crippen LogP contribution in [0.1, 0.15) is 18.9 Å². The molecule has 0 saturated heterocycles. The third-order valence-corrected chi connectivity index (χ3v) is 3.36. The minimum atomic E-state index is -0.319. The minimum absolute atomic E-state index is 0.0452. The summed E-state index contributed by atoms with van der Waals surface area (Å²) in [5.74, 6) is -0.409. The number of hydrogen-bond acceptors (Lipinski definition) is 2. The second-order valence-electron chi connectivity index (χ2n) is 5.02. The van der Waals surface area contributed by atoms with Crippen LogP contribution in [0.3, 0.4) is 0 Å². The number of carbonyl (C=O) groups excluding carboxylic acids is 1. The van der Waals surface area contributed by atoms with Gasteiger partial charge in [0.2, 0.25) is 5.91 Å². The highest BCUT2D eigenvalue weighted by Gasteiger charge is 2.18. The monoisotopic (exact) mass is 275 g/mol. The van der Waals surface area contributed by atoms with E-state index >= 15 is 0 Å². The molecule has 1 aliphatic rings. The highest BCUT2D eigenvalue weighted by atomic mass is 19.1. The van der Waals surface area contributed by atoms with E-state index in [-0.39, 0.29) is 30.3 Å². The van der Waals surface area contributed by atoms with Gasteiger partial charge in [0.15, 0.2) is 0 Å². The number of aliphatic hydroxyl groups excluding tert-OH is 1. The number of carbonyl (C=O) groups is 1. The smallest absolute Gasteiger partial charge is 0.244 e. The SMILES string of the molecule is C/C(=C/C(=O)N[C@@H]1C=C[C@H](CO)C1)c1cccc(F)c1. The average Bonchev–Trinajstić information content (AvgIpc) is 2.86. The topological polar surface area (TPSA) is 49.3 Å². The molecule has 20 heavy (non-hydrogen) atoms. The molecular formula is C16H18FNO2. The number of amides is 1. The molecule has 0 aliphatic heterocycles. The van der Waals surface area contributed by atoms with Gasteiger partial charge in [0.25, 0.3) is 0 Å². The van der Waals surface area contributed by atoms with Gasteiger partial charge in [-0.1, -0.05) is 24.3 Å². The summed E-state index contributed by atoms with van der Waals surface area (Å²) in [5, 5.41) is 11.9. The summed E-state index contributed by atoms with van der Waals surface area (Å²) in [6, 6.07) is 6.10. The highest BCUT2D eigenvalue weighted by molar-refractivity contribution is 5.95. The Morgan fingerprint density at radius 1 is 1.50 bits per heavy atom. The zero-order valence-electron chi connectivity index (χ0n) is 11.3. The molecule has 0 spiro atoms. The lowest BCUT2D eigenvalue weighted by Crippen LogP contribution is -2.31. The number of nitrogens with one attached hydrogen (secondary N) is 1. The van der Waals surface area contributed by atoms with E-state index in [9.17, 15) is 9.18 Å². The molecule has 0 aromatic heterocycles. The molecule has 3 nitrogen and oxygen atoms in total. The fourth-order valence-electron chi connectivity index (χ4n) is 2.26. The molecule has 2 N–H and O–H groups in total. The van der Waals surface area contributed by atoms with Crippen molar-refractivity contribution in [3.63, 3.8) is 0 Å². The van der Waals surface area contributed by atoms with Gasteiger partial charge < -0.3 is 10.4 Å². The predicted molar refractivity (Wildman–Crippen MR) is 76.3 cm³/mol. The van der Waals surface area contributed by atoms with Crippen molar-refractivity contribution in [3.8, 4) is 0 Å². The number of halogens is 1. The van der Waals surface area contributed by atoms with E-state index in [4.69, 9.17) is 5.11 Å². The fraction of sp³-hybridized carbons (Fsp3) is 0.312. The van der Waals surface area contributed by atoms with E-state index in [1.807, 2.05) is 12.2 Å². The predicted octanol–water partition coefficient (Wildman–Crippen LogP) is 2.28. The van der Waals surface area contributed by atoms with Crippen LogP contribution in [-0.4, -0.2) is 23.7 Å². The minimum Gasteiger partial charge on any atom is -0.396 e. The van der Waals surface area contributed by atoms with Gasteiger partial charge in [-0.05, 0) is 36.6 Å². The van der Waals surface area contributed by atoms with Crippen molar-refractivity contribution < 1.29 is 14.3 Å². The normalized spacial score (nSPS) is 22.1. The lowest BCUT2D eigenvalue weighted by atomic mass is 10.1. The van der Waals surface area contributed by atoms with Gasteiger partial charge in [0.1, 0.15) is 5.82 Å². The Balaban J connectivity index is 1.97. The Kier molecular flexibility index (Phi) is 4.69. The molecule has 1 aliphatic carbocycles. The summed E-state index contributed by atoms with van der Waals surface area (Å²) in [5.41, 5.74) is 1.40. The van der Waals surface area contributed by atoms with Gasteiger partial charge in [-0.25, -0.2) is 4.39 Å². The summed E-state index contributed by atoms with van der Waals surface area (Å²) in [6.07, 6.45) is 5.99. The summed E-state index contributed by atoms with van der Waals surface area (Å²) >= 11 is 0. The maximum atomic E-state index is 13.1. The van der Waals surface area contributed by atoms with Crippen LogP contribution in [0.5, 0.6) is 0 Å².